The molecule has 8 nitrogen and oxygen atoms in total. The third-order valence-corrected chi connectivity index (χ3v) is 8.35. The van der Waals surface area contributed by atoms with Crippen molar-refractivity contribution in [3.63, 3.8) is 0 Å². The van der Waals surface area contributed by atoms with Crippen LogP contribution in [-0.4, -0.2) is 46.1 Å². The van der Waals surface area contributed by atoms with Crippen LogP contribution in [0, 0.1) is 0 Å². The number of primary sulfonamides is 1. The number of rotatable bonds is 10. The molecule has 3 aromatic carbocycles. The fourth-order valence-electron chi connectivity index (χ4n) is 5.21. The van der Waals surface area contributed by atoms with Crippen molar-refractivity contribution in [3.8, 4) is 22.4 Å². The quantitative estimate of drug-likeness (QED) is 0.262. The SMILES string of the molecule is COC1(c2cccc(COCC(=O)c3ccnc(-c4ccccc4)c3-c3ccc(S(N)(=O)=O)cc3)c2)CCOCC1. The lowest BCUT2D eigenvalue weighted by Gasteiger charge is -2.36. The molecule has 4 aromatic rings. The van der Waals surface area contributed by atoms with Crippen molar-refractivity contribution < 1.29 is 27.4 Å². The molecule has 9 heteroatoms. The second kappa shape index (κ2) is 12.4. The van der Waals surface area contributed by atoms with E-state index in [4.69, 9.17) is 19.3 Å². The van der Waals surface area contributed by atoms with E-state index in [1.165, 1.54) is 12.1 Å². The molecule has 1 aromatic heterocycles. The summed E-state index contributed by atoms with van der Waals surface area (Å²) in [7, 11) is -2.13. The first-order valence-corrected chi connectivity index (χ1v) is 14.9. The van der Waals surface area contributed by atoms with Gasteiger partial charge in [-0.25, -0.2) is 13.6 Å². The Morgan fingerprint density at radius 2 is 1.68 bits per heavy atom. The van der Waals surface area contributed by atoms with Gasteiger partial charge in [0.05, 0.1) is 22.8 Å². The fraction of sp³-hybridized carbons (Fsp3) is 0.250. The van der Waals surface area contributed by atoms with Gasteiger partial charge in [-0.15, -0.1) is 0 Å². The predicted molar refractivity (Wildman–Crippen MR) is 156 cm³/mol. The second-order valence-corrected chi connectivity index (χ2v) is 11.5. The molecular formula is C32H32N2O6S. The van der Waals surface area contributed by atoms with Crippen molar-refractivity contribution in [2.75, 3.05) is 26.9 Å². The van der Waals surface area contributed by atoms with Gasteiger partial charge in [0, 0.05) is 56.1 Å². The van der Waals surface area contributed by atoms with Crippen LogP contribution in [-0.2, 0) is 36.4 Å². The van der Waals surface area contributed by atoms with Crippen molar-refractivity contribution in [1.82, 2.24) is 4.98 Å². The number of hydrogen-bond acceptors (Lipinski definition) is 7. The topological polar surface area (TPSA) is 118 Å². The number of methoxy groups -OCH3 is 1. The van der Waals surface area contributed by atoms with E-state index in [2.05, 4.69) is 17.1 Å². The number of nitrogens with two attached hydrogens (primary N) is 1. The van der Waals surface area contributed by atoms with Gasteiger partial charge in [0.2, 0.25) is 10.0 Å². The normalized spacial score (nSPS) is 15.0. The number of carbonyl (C=O) groups excluding carboxylic acids is 1. The monoisotopic (exact) mass is 572 g/mol. The molecule has 0 unspecified atom stereocenters. The number of carbonyl (C=O) groups is 1. The zero-order valence-electron chi connectivity index (χ0n) is 22.8. The highest BCUT2D eigenvalue weighted by Gasteiger charge is 2.34. The molecule has 212 valence electrons. The number of ketones is 1. The zero-order chi connectivity index (χ0) is 28.9. The molecule has 0 radical (unpaired) electrons. The lowest BCUT2D eigenvalue weighted by Crippen LogP contribution is -2.35. The average molecular weight is 573 g/mol. The van der Waals surface area contributed by atoms with Gasteiger partial charge < -0.3 is 14.2 Å². The molecule has 0 atom stereocenters. The highest BCUT2D eigenvalue weighted by atomic mass is 32.2. The lowest BCUT2D eigenvalue weighted by atomic mass is 9.85. The van der Waals surface area contributed by atoms with E-state index in [1.54, 1.807) is 31.5 Å². The summed E-state index contributed by atoms with van der Waals surface area (Å²) in [6.07, 6.45) is 3.15. The molecule has 41 heavy (non-hydrogen) atoms. The van der Waals surface area contributed by atoms with Gasteiger partial charge in [-0.2, -0.15) is 0 Å². The Balaban J connectivity index is 1.40. The van der Waals surface area contributed by atoms with Crippen LogP contribution in [0.15, 0.2) is 96.0 Å². The number of sulfonamides is 1. The largest absolute Gasteiger partial charge is 0.381 e. The zero-order valence-corrected chi connectivity index (χ0v) is 23.6. The fourth-order valence-corrected chi connectivity index (χ4v) is 5.72. The minimum atomic E-state index is -3.86. The smallest absolute Gasteiger partial charge is 0.238 e. The van der Waals surface area contributed by atoms with Crippen LogP contribution in [0.3, 0.4) is 0 Å². The van der Waals surface area contributed by atoms with Crippen molar-refractivity contribution in [2.24, 2.45) is 5.14 Å². The molecule has 1 saturated heterocycles. The molecule has 0 saturated carbocycles. The Labute approximate surface area is 240 Å². The summed E-state index contributed by atoms with van der Waals surface area (Å²) < 4.78 is 41.0. The number of ether oxygens (including phenoxy) is 3. The second-order valence-electron chi connectivity index (χ2n) is 9.94. The summed E-state index contributed by atoms with van der Waals surface area (Å²) in [6, 6.07) is 25.4. The van der Waals surface area contributed by atoms with E-state index < -0.39 is 10.0 Å². The van der Waals surface area contributed by atoms with Gasteiger partial charge in [-0.3, -0.25) is 9.78 Å². The Morgan fingerprint density at radius 3 is 2.37 bits per heavy atom. The first kappa shape index (κ1) is 28.8. The van der Waals surface area contributed by atoms with E-state index in [0.29, 0.717) is 35.6 Å². The minimum absolute atomic E-state index is 0.0131. The van der Waals surface area contributed by atoms with Crippen LogP contribution in [0.1, 0.15) is 34.3 Å². The van der Waals surface area contributed by atoms with Crippen molar-refractivity contribution in [2.45, 2.75) is 29.9 Å². The molecule has 1 fully saturated rings. The molecule has 2 heterocycles. The van der Waals surface area contributed by atoms with Crippen molar-refractivity contribution in [1.29, 1.82) is 0 Å². The molecule has 5 rings (SSSR count). The maximum absolute atomic E-state index is 13.5. The number of pyridine rings is 1. The van der Waals surface area contributed by atoms with Gasteiger partial charge in [0.25, 0.3) is 0 Å². The van der Waals surface area contributed by atoms with E-state index in [1.807, 2.05) is 42.5 Å². The molecule has 2 N–H and O–H groups in total. The summed E-state index contributed by atoms with van der Waals surface area (Å²) in [5.74, 6) is -0.218. The molecule has 0 amide bonds. The van der Waals surface area contributed by atoms with Crippen LogP contribution in [0.4, 0.5) is 0 Å². The van der Waals surface area contributed by atoms with Crippen LogP contribution in [0.2, 0.25) is 0 Å². The van der Waals surface area contributed by atoms with Crippen molar-refractivity contribution >= 4 is 15.8 Å². The Bertz CT molecular complexity index is 1620. The third kappa shape index (κ3) is 6.45. The van der Waals surface area contributed by atoms with Gasteiger partial charge in [0.1, 0.15) is 6.61 Å². The molecule has 1 aliphatic heterocycles. The Hall–Kier alpha value is -3.73. The Kier molecular flexibility index (Phi) is 8.72. The summed E-state index contributed by atoms with van der Waals surface area (Å²) in [5, 5.41) is 5.29. The highest BCUT2D eigenvalue weighted by molar-refractivity contribution is 7.89. The molecule has 0 aliphatic carbocycles. The van der Waals surface area contributed by atoms with Crippen LogP contribution < -0.4 is 5.14 Å². The van der Waals surface area contributed by atoms with Gasteiger partial charge >= 0.3 is 0 Å². The lowest BCUT2D eigenvalue weighted by molar-refractivity contribution is -0.0948. The summed E-state index contributed by atoms with van der Waals surface area (Å²) >= 11 is 0. The van der Waals surface area contributed by atoms with Crippen LogP contribution >= 0.6 is 0 Å². The number of benzene rings is 3. The first-order valence-electron chi connectivity index (χ1n) is 13.3. The van der Waals surface area contributed by atoms with E-state index in [0.717, 1.165) is 29.5 Å². The van der Waals surface area contributed by atoms with Crippen LogP contribution in [0.25, 0.3) is 22.4 Å². The first-order chi connectivity index (χ1) is 19.8. The molecular weight excluding hydrogens is 540 g/mol. The maximum Gasteiger partial charge on any atom is 0.238 e. The average Bonchev–Trinajstić information content (AvgIpc) is 3.01. The minimum Gasteiger partial charge on any atom is -0.381 e. The van der Waals surface area contributed by atoms with Gasteiger partial charge in [-0.05, 0) is 34.9 Å². The molecule has 0 bridgehead atoms. The molecule has 0 spiro atoms. The standard InChI is InChI=1S/C32H32N2O6S/c1-38-32(15-18-39-19-16-32)26-9-5-6-23(20-26)21-40-22-29(35)28-14-17-34-31(25-7-3-2-4-8-25)30(28)24-10-12-27(13-11-24)41(33,36)37/h2-14,17,20H,15-16,18-19,21-22H2,1H3,(H2,33,36,37). The Morgan fingerprint density at radius 1 is 0.951 bits per heavy atom. The number of nitrogens with zero attached hydrogens (tertiary/aromatic N) is 1. The number of aromatic nitrogens is 1. The summed E-state index contributed by atoms with van der Waals surface area (Å²) in [4.78, 5) is 18.1. The van der Waals surface area contributed by atoms with Gasteiger partial charge in [-0.1, -0.05) is 66.7 Å². The highest BCUT2D eigenvalue weighted by Crippen LogP contribution is 2.36. The number of hydrogen-bond donors (Lipinski definition) is 1. The van der Waals surface area contributed by atoms with Crippen LogP contribution in [0.5, 0.6) is 0 Å². The molecule has 1 aliphatic rings. The van der Waals surface area contributed by atoms with E-state index in [-0.39, 0.29) is 29.5 Å². The summed E-state index contributed by atoms with van der Waals surface area (Å²) in [5.41, 5.74) is 4.72. The van der Waals surface area contributed by atoms with Crippen molar-refractivity contribution in [3.05, 3.63) is 108 Å². The third-order valence-electron chi connectivity index (χ3n) is 7.42. The summed E-state index contributed by atoms with van der Waals surface area (Å²) in [6.45, 7) is 1.40. The van der Waals surface area contributed by atoms with Gasteiger partial charge in [0.15, 0.2) is 5.78 Å². The maximum atomic E-state index is 13.5. The predicted octanol–water partition coefficient (Wildman–Crippen LogP) is 5.11. The van der Waals surface area contributed by atoms with E-state index in [9.17, 15) is 13.2 Å². The van der Waals surface area contributed by atoms with E-state index >= 15 is 0 Å². The number of Topliss-reactive ketones (excluding diaryl/α,β-unsaturated/α-hetero) is 1.